The van der Waals surface area contributed by atoms with E-state index < -0.39 is 0 Å². The van der Waals surface area contributed by atoms with Gasteiger partial charge >= 0.3 is 0 Å². The Balaban J connectivity index is 1.37. The van der Waals surface area contributed by atoms with E-state index in [1.807, 2.05) is 43.5 Å². The van der Waals surface area contributed by atoms with Gasteiger partial charge in [-0.05, 0) is 31.0 Å². The molecular formula is C18H20N6O. The number of benzene rings is 1. The Kier molecular flexibility index (Phi) is 4.05. The van der Waals surface area contributed by atoms with Crippen LogP contribution in [0.25, 0.3) is 5.69 Å². The molecule has 2 aromatic heterocycles. The Morgan fingerprint density at radius 3 is 2.96 bits per heavy atom. The van der Waals surface area contributed by atoms with Crippen molar-refractivity contribution in [3.05, 3.63) is 59.9 Å². The Morgan fingerprint density at radius 1 is 1.28 bits per heavy atom. The zero-order chi connectivity index (χ0) is 17.2. The van der Waals surface area contributed by atoms with Gasteiger partial charge in [0.1, 0.15) is 11.6 Å². The lowest BCUT2D eigenvalue weighted by Crippen LogP contribution is -2.41. The maximum Gasteiger partial charge on any atom is 0.224 e. The number of aryl methyl sites for hydroxylation is 2. The predicted octanol–water partition coefficient (Wildman–Crippen LogP) is 1.45. The average Bonchev–Trinajstić information content (AvgIpc) is 3.23. The van der Waals surface area contributed by atoms with Crippen LogP contribution in [0.4, 0.5) is 0 Å². The molecule has 1 aromatic carbocycles. The number of fused-ring (bicyclic) bond motifs is 1. The van der Waals surface area contributed by atoms with E-state index in [0.717, 1.165) is 42.3 Å². The van der Waals surface area contributed by atoms with Crippen molar-refractivity contribution in [3.63, 3.8) is 0 Å². The third kappa shape index (κ3) is 3.31. The summed E-state index contributed by atoms with van der Waals surface area (Å²) in [6.45, 7) is 2.68. The highest BCUT2D eigenvalue weighted by molar-refractivity contribution is 5.78. The van der Waals surface area contributed by atoms with Crippen molar-refractivity contribution < 1.29 is 4.79 Å². The topological polar surface area (TPSA) is 77.6 Å². The molecule has 0 saturated carbocycles. The van der Waals surface area contributed by atoms with Crippen molar-refractivity contribution in [2.75, 3.05) is 0 Å². The van der Waals surface area contributed by atoms with E-state index in [-0.39, 0.29) is 11.9 Å². The Morgan fingerprint density at radius 2 is 2.12 bits per heavy atom. The Hall–Kier alpha value is -2.96. The number of para-hydroxylation sites is 1. The van der Waals surface area contributed by atoms with E-state index in [1.54, 1.807) is 10.9 Å². The number of aromatic nitrogens is 5. The van der Waals surface area contributed by atoms with E-state index in [2.05, 4.69) is 25.2 Å². The van der Waals surface area contributed by atoms with Gasteiger partial charge in [0, 0.05) is 25.2 Å². The van der Waals surface area contributed by atoms with Crippen LogP contribution in [0.1, 0.15) is 23.6 Å². The average molecular weight is 336 g/mol. The second kappa shape index (κ2) is 6.51. The van der Waals surface area contributed by atoms with Gasteiger partial charge in [-0.3, -0.25) is 4.79 Å². The molecule has 3 aromatic rings. The normalized spacial score (nSPS) is 16.4. The standard InChI is InChI=1S/C18H20N6O/c1-13-21-22-17-8-7-15(12-23(13)17)20-18(25)9-14-10-19-24(11-14)16-5-3-2-4-6-16/h2-6,10-11,15H,7-9,12H2,1H3,(H,20,25)/t15-/m0/s1. The molecule has 1 amide bonds. The second-order valence-electron chi connectivity index (χ2n) is 6.38. The van der Waals surface area contributed by atoms with Crippen molar-refractivity contribution in [2.45, 2.75) is 38.8 Å². The molecule has 0 fully saturated rings. The van der Waals surface area contributed by atoms with Gasteiger partial charge in [0.25, 0.3) is 0 Å². The molecule has 128 valence electrons. The van der Waals surface area contributed by atoms with Crippen LogP contribution in [0.5, 0.6) is 0 Å². The van der Waals surface area contributed by atoms with Crippen LogP contribution >= 0.6 is 0 Å². The molecule has 0 bridgehead atoms. The smallest absolute Gasteiger partial charge is 0.224 e. The molecule has 0 spiro atoms. The zero-order valence-electron chi connectivity index (χ0n) is 14.1. The van der Waals surface area contributed by atoms with Crippen molar-refractivity contribution in [1.29, 1.82) is 0 Å². The Labute approximate surface area is 145 Å². The molecule has 0 saturated heterocycles. The van der Waals surface area contributed by atoms with E-state index in [4.69, 9.17) is 0 Å². The van der Waals surface area contributed by atoms with E-state index >= 15 is 0 Å². The highest BCUT2D eigenvalue weighted by Crippen LogP contribution is 2.15. The maximum absolute atomic E-state index is 12.4. The third-order valence-corrected chi connectivity index (χ3v) is 4.52. The summed E-state index contributed by atoms with van der Waals surface area (Å²) in [5, 5.41) is 15.7. The molecule has 0 radical (unpaired) electrons. The van der Waals surface area contributed by atoms with Crippen LogP contribution in [-0.4, -0.2) is 36.5 Å². The fraction of sp³-hybridized carbons (Fsp3) is 0.333. The summed E-state index contributed by atoms with van der Waals surface area (Å²) in [7, 11) is 0. The Bertz CT molecular complexity index is 882. The van der Waals surface area contributed by atoms with Crippen molar-refractivity contribution in [3.8, 4) is 5.69 Å². The van der Waals surface area contributed by atoms with Gasteiger partial charge in [0.2, 0.25) is 5.91 Å². The summed E-state index contributed by atoms with van der Waals surface area (Å²) >= 11 is 0. The minimum absolute atomic E-state index is 0.0202. The zero-order valence-corrected chi connectivity index (χ0v) is 14.1. The molecule has 3 heterocycles. The van der Waals surface area contributed by atoms with Crippen LogP contribution in [0.2, 0.25) is 0 Å². The first-order valence-electron chi connectivity index (χ1n) is 8.46. The van der Waals surface area contributed by atoms with Crippen LogP contribution in [0.3, 0.4) is 0 Å². The van der Waals surface area contributed by atoms with Gasteiger partial charge in [-0.2, -0.15) is 5.10 Å². The van der Waals surface area contributed by atoms with Crippen molar-refractivity contribution in [1.82, 2.24) is 29.9 Å². The van der Waals surface area contributed by atoms with Crippen molar-refractivity contribution >= 4 is 5.91 Å². The number of hydrogen-bond donors (Lipinski definition) is 1. The molecule has 4 rings (SSSR count). The van der Waals surface area contributed by atoms with Gasteiger partial charge in [-0.15, -0.1) is 10.2 Å². The molecule has 1 N–H and O–H groups in total. The number of amides is 1. The van der Waals surface area contributed by atoms with E-state index in [1.165, 1.54) is 0 Å². The summed E-state index contributed by atoms with van der Waals surface area (Å²) in [5.41, 5.74) is 1.88. The fourth-order valence-corrected chi connectivity index (χ4v) is 3.22. The molecule has 7 nitrogen and oxygen atoms in total. The fourth-order valence-electron chi connectivity index (χ4n) is 3.22. The third-order valence-electron chi connectivity index (χ3n) is 4.52. The maximum atomic E-state index is 12.4. The molecule has 25 heavy (non-hydrogen) atoms. The number of carbonyl (C=O) groups is 1. The van der Waals surface area contributed by atoms with E-state index in [0.29, 0.717) is 6.42 Å². The van der Waals surface area contributed by atoms with Crippen LogP contribution < -0.4 is 5.32 Å². The van der Waals surface area contributed by atoms with Crippen LogP contribution in [-0.2, 0) is 24.2 Å². The number of nitrogens with one attached hydrogen (secondary N) is 1. The molecule has 0 unspecified atom stereocenters. The summed E-state index contributed by atoms with van der Waals surface area (Å²) in [6, 6.07) is 9.99. The second-order valence-corrected chi connectivity index (χ2v) is 6.38. The molecule has 0 aliphatic carbocycles. The van der Waals surface area contributed by atoms with Gasteiger partial charge in [-0.25, -0.2) is 4.68 Å². The monoisotopic (exact) mass is 336 g/mol. The van der Waals surface area contributed by atoms with E-state index in [9.17, 15) is 4.79 Å². The minimum atomic E-state index is 0.0202. The first-order chi connectivity index (χ1) is 12.2. The molecule has 1 atom stereocenters. The lowest BCUT2D eigenvalue weighted by molar-refractivity contribution is -0.121. The van der Waals surface area contributed by atoms with Gasteiger partial charge in [0.15, 0.2) is 0 Å². The van der Waals surface area contributed by atoms with Gasteiger partial charge in [-0.1, -0.05) is 18.2 Å². The number of rotatable bonds is 4. The molecule has 1 aliphatic heterocycles. The molecule has 1 aliphatic rings. The quantitative estimate of drug-likeness (QED) is 0.782. The summed E-state index contributed by atoms with van der Waals surface area (Å²) in [5.74, 6) is 1.93. The minimum Gasteiger partial charge on any atom is -0.351 e. The SMILES string of the molecule is Cc1nnc2n1C[C@@H](NC(=O)Cc1cnn(-c3ccccc3)c1)CC2. The highest BCUT2D eigenvalue weighted by Gasteiger charge is 2.22. The lowest BCUT2D eigenvalue weighted by atomic mass is 10.1. The predicted molar refractivity (Wildman–Crippen MR) is 92.3 cm³/mol. The summed E-state index contributed by atoms with van der Waals surface area (Å²) in [6.07, 6.45) is 5.72. The lowest BCUT2D eigenvalue weighted by Gasteiger charge is -2.24. The van der Waals surface area contributed by atoms with Crippen LogP contribution in [0.15, 0.2) is 42.7 Å². The molecular weight excluding hydrogens is 316 g/mol. The first-order valence-corrected chi connectivity index (χ1v) is 8.46. The summed E-state index contributed by atoms with van der Waals surface area (Å²) in [4.78, 5) is 12.4. The molecule has 7 heteroatoms. The van der Waals surface area contributed by atoms with Crippen LogP contribution in [0, 0.1) is 6.92 Å². The number of carbonyl (C=O) groups excluding carboxylic acids is 1. The summed E-state index contributed by atoms with van der Waals surface area (Å²) < 4.78 is 3.87. The number of nitrogens with zero attached hydrogens (tertiary/aromatic N) is 5. The highest BCUT2D eigenvalue weighted by atomic mass is 16.1. The van der Waals surface area contributed by atoms with Gasteiger partial charge in [0.05, 0.1) is 18.3 Å². The number of hydrogen-bond acceptors (Lipinski definition) is 4. The van der Waals surface area contributed by atoms with Gasteiger partial charge < -0.3 is 9.88 Å². The van der Waals surface area contributed by atoms with Crippen molar-refractivity contribution in [2.24, 2.45) is 0 Å². The largest absolute Gasteiger partial charge is 0.351 e. The first kappa shape index (κ1) is 15.6.